The molecule has 1 heterocycles. The summed E-state index contributed by atoms with van der Waals surface area (Å²) < 4.78 is 0. The van der Waals surface area contributed by atoms with Gasteiger partial charge in [-0.1, -0.05) is 37.4 Å². The first-order valence-corrected chi connectivity index (χ1v) is 6.65. The summed E-state index contributed by atoms with van der Waals surface area (Å²) in [4.78, 5) is 18.1. The van der Waals surface area contributed by atoms with Gasteiger partial charge in [-0.25, -0.2) is 4.98 Å². The van der Waals surface area contributed by atoms with E-state index in [1.807, 2.05) is 0 Å². The van der Waals surface area contributed by atoms with Gasteiger partial charge in [-0.15, -0.1) is 0 Å². The fraction of sp³-hybridized carbons (Fsp3) is 0.636. The number of hydrogen-bond donors (Lipinski definition) is 2. The maximum absolute atomic E-state index is 11.2. The largest absolute Gasteiger partial charge is 0.383 e. The molecular formula is C11H17N3OS. The number of nitrogen functional groups attached to an aromatic ring is 1. The van der Waals surface area contributed by atoms with Crippen LogP contribution in [0.2, 0.25) is 0 Å². The number of hydrogen-bond acceptors (Lipinski definition) is 4. The number of rotatable bonds is 2. The summed E-state index contributed by atoms with van der Waals surface area (Å²) in [6, 6.07) is 1.32. The average molecular weight is 239 g/mol. The van der Waals surface area contributed by atoms with E-state index in [1.54, 1.807) is 11.8 Å². The quantitative estimate of drug-likeness (QED) is 0.613. The summed E-state index contributed by atoms with van der Waals surface area (Å²) in [6.45, 7) is 0. The minimum Gasteiger partial charge on any atom is -0.383 e. The maximum atomic E-state index is 11.2. The van der Waals surface area contributed by atoms with E-state index in [0.29, 0.717) is 16.2 Å². The second-order valence-electron chi connectivity index (χ2n) is 4.21. The zero-order valence-electron chi connectivity index (χ0n) is 9.24. The number of aromatic nitrogens is 2. The summed E-state index contributed by atoms with van der Waals surface area (Å²) in [7, 11) is 0. The molecule has 1 aliphatic carbocycles. The van der Waals surface area contributed by atoms with Crippen LogP contribution in [0.15, 0.2) is 16.0 Å². The van der Waals surface area contributed by atoms with Crippen molar-refractivity contribution in [2.45, 2.75) is 48.9 Å². The molecule has 0 amide bonds. The van der Waals surface area contributed by atoms with Gasteiger partial charge in [0.1, 0.15) is 5.82 Å². The third-order valence-corrected chi connectivity index (χ3v) is 4.04. The Morgan fingerprint density at radius 2 is 2.00 bits per heavy atom. The SMILES string of the molecule is Nc1cc(=O)[nH]c(SC2CCCCCC2)n1. The zero-order valence-corrected chi connectivity index (χ0v) is 10.1. The predicted octanol–water partition coefficient (Wildman–Crippen LogP) is 2.17. The van der Waals surface area contributed by atoms with Crippen molar-refractivity contribution in [1.29, 1.82) is 0 Å². The molecule has 0 spiro atoms. The van der Waals surface area contributed by atoms with Gasteiger partial charge in [0.2, 0.25) is 0 Å². The molecule has 1 saturated carbocycles. The number of nitrogens with one attached hydrogen (secondary N) is 1. The van der Waals surface area contributed by atoms with Gasteiger partial charge >= 0.3 is 0 Å². The van der Waals surface area contributed by atoms with Gasteiger partial charge in [0.25, 0.3) is 5.56 Å². The Hall–Kier alpha value is -0.970. The molecule has 16 heavy (non-hydrogen) atoms. The van der Waals surface area contributed by atoms with E-state index in [1.165, 1.54) is 44.6 Å². The zero-order chi connectivity index (χ0) is 11.4. The molecule has 1 aliphatic rings. The van der Waals surface area contributed by atoms with E-state index in [0.717, 1.165) is 0 Å². The fourth-order valence-electron chi connectivity index (χ4n) is 2.03. The van der Waals surface area contributed by atoms with Gasteiger partial charge in [-0.2, -0.15) is 0 Å². The van der Waals surface area contributed by atoms with E-state index in [-0.39, 0.29) is 5.56 Å². The minimum absolute atomic E-state index is 0.163. The van der Waals surface area contributed by atoms with Gasteiger partial charge < -0.3 is 10.7 Å². The number of thioether (sulfide) groups is 1. The number of anilines is 1. The van der Waals surface area contributed by atoms with Gasteiger partial charge in [-0.3, -0.25) is 4.79 Å². The lowest BCUT2D eigenvalue weighted by molar-refractivity contribution is 0.702. The molecule has 3 N–H and O–H groups in total. The highest BCUT2D eigenvalue weighted by Crippen LogP contribution is 2.30. The van der Waals surface area contributed by atoms with Crippen LogP contribution < -0.4 is 11.3 Å². The smallest absolute Gasteiger partial charge is 0.253 e. The second kappa shape index (κ2) is 5.39. The first kappa shape index (κ1) is 11.5. The van der Waals surface area contributed by atoms with Crippen LogP contribution >= 0.6 is 11.8 Å². The minimum atomic E-state index is -0.163. The molecule has 1 aromatic rings. The normalized spacial score (nSPS) is 18.2. The Kier molecular flexibility index (Phi) is 3.88. The van der Waals surface area contributed by atoms with E-state index >= 15 is 0 Å². The molecule has 0 unspecified atom stereocenters. The van der Waals surface area contributed by atoms with Crippen LogP contribution in [-0.2, 0) is 0 Å². The van der Waals surface area contributed by atoms with Gasteiger partial charge in [0.15, 0.2) is 5.16 Å². The highest BCUT2D eigenvalue weighted by molar-refractivity contribution is 7.99. The highest BCUT2D eigenvalue weighted by atomic mass is 32.2. The summed E-state index contributed by atoms with van der Waals surface area (Å²) in [5.74, 6) is 0.305. The Morgan fingerprint density at radius 1 is 1.31 bits per heavy atom. The van der Waals surface area contributed by atoms with Gasteiger partial charge in [0, 0.05) is 11.3 Å². The van der Waals surface area contributed by atoms with E-state index in [2.05, 4.69) is 9.97 Å². The van der Waals surface area contributed by atoms with Gasteiger partial charge in [0.05, 0.1) is 0 Å². The van der Waals surface area contributed by atoms with Crippen molar-refractivity contribution in [2.75, 3.05) is 5.73 Å². The van der Waals surface area contributed by atoms with Crippen LogP contribution in [0.1, 0.15) is 38.5 Å². The van der Waals surface area contributed by atoms with E-state index in [9.17, 15) is 4.79 Å². The molecule has 4 nitrogen and oxygen atoms in total. The monoisotopic (exact) mass is 239 g/mol. The van der Waals surface area contributed by atoms with Crippen molar-refractivity contribution < 1.29 is 0 Å². The highest BCUT2D eigenvalue weighted by Gasteiger charge is 2.14. The lowest BCUT2D eigenvalue weighted by Crippen LogP contribution is -2.11. The lowest BCUT2D eigenvalue weighted by atomic mass is 10.2. The van der Waals surface area contributed by atoms with Crippen LogP contribution in [0, 0.1) is 0 Å². The maximum Gasteiger partial charge on any atom is 0.253 e. The lowest BCUT2D eigenvalue weighted by Gasteiger charge is -2.12. The summed E-state index contributed by atoms with van der Waals surface area (Å²) in [6.07, 6.45) is 7.65. The molecule has 88 valence electrons. The first-order valence-electron chi connectivity index (χ1n) is 5.77. The van der Waals surface area contributed by atoms with Crippen molar-refractivity contribution in [3.63, 3.8) is 0 Å². The van der Waals surface area contributed by atoms with Crippen LogP contribution in [0.25, 0.3) is 0 Å². The number of aromatic amines is 1. The summed E-state index contributed by atoms with van der Waals surface area (Å²) >= 11 is 1.66. The molecule has 0 aromatic carbocycles. The van der Waals surface area contributed by atoms with Crippen LogP contribution in [0.3, 0.4) is 0 Å². The summed E-state index contributed by atoms with van der Waals surface area (Å²) in [5.41, 5.74) is 5.39. The molecule has 1 aromatic heterocycles. The third-order valence-electron chi connectivity index (χ3n) is 2.82. The third kappa shape index (κ3) is 3.27. The average Bonchev–Trinajstić information content (AvgIpc) is 2.44. The first-order chi connectivity index (χ1) is 7.74. The van der Waals surface area contributed by atoms with Crippen LogP contribution in [-0.4, -0.2) is 15.2 Å². The Bertz CT molecular complexity index is 396. The number of nitrogens with two attached hydrogens (primary N) is 1. The Balaban J connectivity index is 2.04. The summed E-state index contributed by atoms with van der Waals surface area (Å²) in [5, 5.41) is 1.24. The molecule has 1 fully saturated rings. The molecule has 5 heteroatoms. The Labute approximate surface area is 99.0 Å². The van der Waals surface area contributed by atoms with E-state index < -0.39 is 0 Å². The van der Waals surface area contributed by atoms with Crippen molar-refractivity contribution in [3.05, 3.63) is 16.4 Å². The van der Waals surface area contributed by atoms with Crippen LogP contribution in [0.5, 0.6) is 0 Å². The van der Waals surface area contributed by atoms with Crippen molar-refractivity contribution in [3.8, 4) is 0 Å². The molecule has 0 saturated heterocycles. The molecular weight excluding hydrogens is 222 g/mol. The molecule has 0 radical (unpaired) electrons. The number of nitrogens with zero attached hydrogens (tertiary/aromatic N) is 1. The van der Waals surface area contributed by atoms with Crippen molar-refractivity contribution in [2.24, 2.45) is 0 Å². The molecule has 0 atom stereocenters. The van der Waals surface area contributed by atoms with E-state index in [4.69, 9.17) is 5.73 Å². The molecule has 0 aliphatic heterocycles. The molecule has 0 bridgehead atoms. The van der Waals surface area contributed by atoms with Gasteiger partial charge in [-0.05, 0) is 12.8 Å². The number of H-pyrrole nitrogens is 1. The molecule has 2 rings (SSSR count). The fourth-order valence-corrected chi connectivity index (χ4v) is 3.23. The van der Waals surface area contributed by atoms with Crippen molar-refractivity contribution >= 4 is 17.6 Å². The standard InChI is InChI=1S/C11H17N3OS/c12-9-7-10(15)14-11(13-9)16-8-5-3-1-2-4-6-8/h7-8H,1-6H2,(H3,12,13,14,15). The topological polar surface area (TPSA) is 71.8 Å². The van der Waals surface area contributed by atoms with Crippen LogP contribution in [0.4, 0.5) is 5.82 Å². The predicted molar refractivity (Wildman–Crippen MR) is 66.6 cm³/mol. The van der Waals surface area contributed by atoms with Crippen molar-refractivity contribution in [1.82, 2.24) is 9.97 Å². The second-order valence-corrected chi connectivity index (χ2v) is 5.50. The Morgan fingerprint density at radius 3 is 2.62 bits per heavy atom.